The first-order chi connectivity index (χ1) is 6.24. The van der Waals surface area contributed by atoms with Gasteiger partial charge in [0.2, 0.25) is 5.91 Å². The molecule has 0 unspecified atom stereocenters. The second-order valence-electron chi connectivity index (χ2n) is 2.76. The summed E-state index contributed by atoms with van der Waals surface area (Å²) in [5.41, 5.74) is 8.13. The quantitative estimate of drug-likeness (QED) is 0.470. The molecule has 0 aliphatic heterocycles. The summed E-state index contributed by atoms with van der Waals surface area (Å²) in [6, 6.07) is 8.90. The van der Waals surface area contributed by atoms with Gasteiger partial charge in [-0.1, -0.05) is 30.3 Å². The van der Waals surface area contributed by atoms with Gasteiger partial charge in [-0.2, -0.15) is 0 Å². The van der Waals surface area contributed by atoms with Gasteiger partial charge in [0.05, 0.1) is 0 Å². The van der Waals surface area contributed by atoms with Gasteiger partial charge in [0.15, 0.2) is 0 Å². The van der Waals surface area contributed by atoms with E-state index in [2.05, 4.69) is 0 Å². The fourth-order valence-electron chi connectivity index (χ4n) is 1.06. The van der Waals surface area contributed by atoms with E-state index in [9.17, 15) is 4.79 Å². The molecule has 1 aromatic carbocycles. The Hall–Kier alpha value is -1.39. The van der Waals surface area contributed by atoms with Crippen LogP contribution in [0.3, 0.4) is 0 Å². The lowest BCUT2D eigenvalue weighted by atomic mass is 10.1. The Balaban J connectivity index is 2.59. The number of amides is 1. The van der Waals surface area contributed by atoms with Crippen molar-refractivity contribution in [3.8, 4) is 0 Å². The van der Waals surface area contributed by atoms with Crippen molar-refractivity contribution in [3.05, 3.63) is 35.9 Å². The third-order valence-electron chi connectivity index (χ3n) is 1.76. The minimum Gasteiger partial charge on any atom is -0.324 e. The van der Waals surface area contributed by atoms with Crippen molar-refractivity contribution >= 4 is 5.91 Å². The molecule has 13 heavy (non-hydrogen) atoms. The highest BCUT2D eigenvalue weighted by Gasteiger charge is 2.09. The molecule has 4 N–H and O–H groups in total. The van der Waals surface area contributed by atoms with E-state index in [0.717, 1.165) is 5.56 Å². The SMILES string of the molecule is N[C@H](CC(=O)NO)c1ccccc1. The number of hydrogen-bond acceptors (Lipinski definition) is 3. The maximum Gasteiger partial charge on any atom is 0.245 e. The minimum absolute atomic E-state index is 0.0838. The van der Waals surface area contributed by atoms with Crippen LogP contribution in [0.25, 0.3) is 0 Å². The zero-order valence-electron chi connectivity index (χ0n) is 7.10. The predicted molar refractivity (Wildman–Crippen MR) is 47.9 cm³/mol. The summed E-state index contributed by atoms with van der Waals surface area (Å²) >= 11 is 0. The number of rotatable bonds is 3. The number of benzene rings is 1. The van der Waals surface area contributed by atoms with Crippen molar-refractivity contribution in [3.63, 3.8) is 0 Å². The number of nitrogens with two attached hydrogens (primary N) is 1. The van der Waals surface area contributed by atoms with Gasteiger partial charge < -0.3 is 5.73 Å². The first-order valence-corrected chi connectivity index (χ1v) is 3.97. The molecule has 1 rings (SSSR count). The second kappa shape index (κ2) is 4.59. The summed E-state index contributed by atoms with van der Waals surface area (Å²) in [5, 5.41) is 8.28. The van der Waals surface area contributed by atoms with E-state index in [1.807, 2.05) is 30.3 Å². The Morgan fingerprint density at radius 1 is 1.46 bits per heavy atom. The summed E-state index contributed by atoms with van der Waals surface area (Å²) in [6.45, 7) is 0. The summed E-state index contributed by atoms with van der Waals surface area (Å²) in [5.74, 6) is -0.476. The van der Waals surface area contributed by atoms with Gasteiger partial charge in [0, 0.05) is 12.5 Å². The standard InChI is InChI=1S/C9H12N2O2/c10-8(6-9(12)11-13)7-4-2-1-3-5-7/h1-5,8,13H,6,10H2,(H,11,12)/t8-/m1/s1. The molecule has 0 fully saturated rings. The van der Waals surface area contributed by atoms with E-state index in [-0.39, 0.29) is 12.5 Å². The fourth-order valence-corrected chi connectivity index (χ4v) is 1.06. The van der Waals surface area contributed by atoms with Crippen LogP contribution >= 0.6 is 0 Å². The van der Waals surface area contributed by atoms with Crippen molar-refractivity contribution < 1.29 is 10.0 Å². The molecular weight excluding hydrogens is 168 g/mol. The smallest absolute Gasteiger partial charge is 0.245 e. The van der Waals surface area contributed by atoms with Gasteiger partial charge >= 0.3 is 0 Å². The van der Waals surface area contributed by atoms with Gasteiger partial charge in [0.25, 0.3) is 0 Å². The molecular formula is C9H12N2O2. The van der Waals surface area contributed by atoms with Crippen LogP contribution in [0, 0.1) is 0 Å². The van der Waals surface area contributed by atoms with Crippen LogP contribution < -0.4 is 11.2 Å². The van der Waals surface area contributed by atoms with Crippen LogP contribution in [-0.2, 0) is 4.79 Å². The van der Waals surface area contributed by atoms with E-state index >= 15 is 0 Å². The Kier molecular flexibility index (Phi) is 3.42. The molecule has 4 heteroatoms. The summed E-state index contributed by atoms with van der Waals surface area (Å²) in [7, 11) is 0. The number of hydroxylamine groups is 1. The van der Waals surface area contributed by atoms with Crippen molar-refractivity contribution in [2.45, 2.75) is 12.5 Å². The Morgan fingerprint density at radius 3 is 2.62 bits per heavy atom. The van der Waals surface area contributed by atoms with Crippen LogP contribution in [0.1, 0.15) is 18.0 Å². The molecule has 0 spiro atoms. The van der Waals surface area contributed by atoms with Crippen molar-refractivity contribution in [1.29, 1.82) is 0 Å². The molecule has 0 aliphatic rings. The van der Waals surface area contributed by atoms with Crippen LogP contribution in [0.5, 0.6) is 0 Å². The van der Waals surface area contributed by atoms with Crippen molar-refractivity contribution in [1.82, 2.24) is 5.48 Å². The predicted octanol–water partition coefficient (Wildman–Crippen LogP) is 0.582. The lowest BCUT2D eigenvalue weighted by Gasteiger charge is -2.09. The maximum absolute atomic E-state index is 10.8. The van der Waals surface area contributed by atoms with Gasteiger partial charge in [-0.05, 0) is 5.56 Å². The average molecular weight is 180 g/mol. The van der Waals surface area contributed by atoms with E-state index in [1.54, 1.807) is 5.48 Å². The normalized spacial score (nSPS) is 12.2. The molecule has 4 nitrogen and oxygen atoms in total. The first-order valence-electron chi connectivity index (χ1n) is 3.97. The lowest BCUT2D eigenvalue weighted by Crippen LogP contribution is -2.24. The maximum atomic E-state index is 10.8. The molecule has 1 aromatic rings. The van der Waals surface area contributed by atoms with E-state index in [0.29, 0.717) is 0 Å². The molecule has 0 saturated heterocycles. The molecule has 0 aromatic heterocycles. The van der Waals surface area contributed by atoms with Gasteiger partial charge in [-0.15, -0.1) is 0 Å². The lowest BCUT2D eigenvalue weighted by molar-refractivity contribution is -0.129. The topological polar surface area (TPSA) is 75.4 Å². The van der Waals surface area contributed by atoms with Gasteiger partial charge in [0.1, 0.15) is 0 Å². The van der Waals surface area contributed by atoms with E-state index in [1.165, 1.54) is 0 Å². The molecule has 0 heterocycles. The minimum atomic E-state index is -0.476. The van der Waals surface area contributed by atoms with Crippen LogP contribution in [0.2, 0.25) is 0 Å². The molecule has 1 atom stereocenters. The zero-order chi connectivity index (χ0) is 9.68. The van der Waals surface area contributed by atoms with Crippen LogP contribution in [0.4, 0.5) is 0 Å². The third kappa shape index (κ3) is 2.85. The average Bonchev–Trinajstić information content (AvgIpc) is 2.19. The summed E-state index contributed by atoms with van der Waals surface area (Å²) in [4.78, 5) is 10.8. The zero-order valence-corrected chi connectivity index (χ0v) is 7.10. The molecule has 1 amide bonds. The summed E-state index contributed by atoms with van der Waals surface area (Å²) < 4.78 is 0. The highest BCUT2D eigenvalue weighted by Crippen LogP contribution is 2.12. The number of carbonyl (C=O) groups is 1. The highest BCUT2D eigenvalue weighted by molar-refractivity contribution is 5.75. The Labute approximate surface area is 76.3 Å². The van der Waals surface area contributed by atoms with Crippen LogP contribution in [0.15, 0.2) is 30.3 Å². The molecule has 70 valence electrons. The fraction of sp³-hybridized carbons (Fsp3) is 0.222. The number of nitrogens with one attached hydrogen (secondary N) is 1. The van der Waals surface area contributed by atoms with E-state index in [4.69, 9.17) is 10.9 Å². The van der Waals surface area contributed by atoms with Crippen LogP contribution in [-0.4, -0.2) is 11.1 Å². The Bertz CT molecular complexity index is 274. The monoisotopic (exact) mass is 180 g/mol. The molecule has 0 aliphatic carbocycles. The van der Waals surface area contributed by atoms with Crippen molar-refractivity contribution in [2.24, 2.45) is 5.73 Å². The number of carbonyl (C=O) groups excluding carboxylic acids is 1. The first kappa shape index (κ1) is 9.70. The largest absolute Gasteiger partial charge is 0.324 e. The molecule has 0 bridgehead atoms. The van der Waals surface area contributed by atoms with Crippen molar-refractivity contribution in [2.75, 3.05) is 0 Å². The second-order valence-corrected chi connectivity index (χ2v) is 2.76. The van der Waals surface area contributed by atoms with Gasteiger partial charge in [-0.25, -0.2) is 5.48 Å². The summed E-state index contributed by atoms with van der Waals surface area (Å²) in [6.07, 6.45) is 0.0838. The number of hydrogen-bond donors (Lipinski definition) is 3. The molecule has 0 saturated carbocycles. The molecule has 0 radical (unpaired) electrons. The van der Waals surface area contributed by atoms with E-state index < -0.39 is 5.91 Å². The third-order valence-corrected chi connectivity index (χ3v) is 1.76. The Morgan fingerprint density at radius 2 is 2.08 bits per heavy atom. The van der Waals surface area contributed by atoms with Gasteiger partial charge in [-0.3, -0.25) is 10.0 Å². The highest BCUT2D eigenvalue weighted by atomic mass is 16.5.